The molecule has 1 amide bonds. The number of carbonyl (C=O) groups excluding carboxylic acids is 1. The lowest BCUT2D eigenvalue weighted by Crippen LogP contribution is -2.19. The number of aryl methyl sites for hydroxylation is 2. The minimum absolute atomic E-state index is 0.0316. The Morgan fingerprint density at radius 2 is 2.30 bits per heavy atom. The van der Waals surface area contributed by atoms with Gasteiger partial charge in [0.15, 0.2) is 5.13 Å². The number of nitrogens with one attached hydrogen (secondary N) is 1. The fraction of sp³-hybridized carbons (Fsp3) is 0.429. The summed E-state index contributed by atoms with van der Waals surface area (Å²) in [6.45, 7) is 5.70. The lowest BCUT2D eigenvalue weighted by atomic mass is 10.2. The fourth-order valence-electron chi connectivity index (χ4n) is 1.88. The summed E-state index contributed by atoms with van der Waals surface area (Å²) in [5.41, 5.74) is 7.42. The van der Waals surface area contributed by atoms with Crippen molar-refractivity contribution in [3.05, 3.63) is 23.0 Å². The van der Waals surface area contributed by atoms with Crippen molar-refractivity contribution in [2.24, 2.45) is 5.73 Å². The zero-order chi connectivity index (χ0) is 14.7. The number of nitrogens with two attached hydrogens (primary N) is 1. The molecule has 108 valence electrons. The minimum atomic E-state index is -0.0525. The molecule has 2 rings (SSSR count). The number of amides is 1. The van der Waals surface area contributed by atoms with Gasteiger partial charge in [0.2, 0.25) is 5.91 Å². The molecule has 0 saturated heterocycles. The van der Waals surface area contributed by atoms with Gasteiger partial charge in [-0.2, -0.15) is 0 Å². The Kier molecular flexibility index (Phi) is 4.57. The number of thiazole rings is 1. The molecule has 0 aliphatic heterocycles. The van der Waals surface area contributed by atoms with Crippen LogP contribution in [0.5, 0.6) is 0 Å². The first kappa shape index (κ1) is 14.7. The minimum Gasteiger partial charge on any atom is -0.466 e. The van der Waals surface area contributed by atoms with E-state index in [1.165, 1.54) is 11.3 Å². The van der Waals surface area contributed by atoms with Gasteiger partial charge in [0.1, 0.15) is 11.5 Å². The summed E-state index contributed by atoms with van der Waals surface area (Å²) in [7, 11) is 0. The number of aromatic nitrogens is 1. The van der Waals surface area contributed by atoms with Crippen molar-refractivity contribution >= 4 is 22.4 Å². The van der Waals surface area contributed by atoms with Gasteiger partial charge >= 0.3 is 0 Å². The highest BCUT2D eigenvalue weighted by Crippen LogP contribution is 2.29. The van der Waals surface area contributed by atoms with Crippen molar-refractivity contribution in [1.29, 1.82) is 0 Å². The molecule has 2 aromatic rings. The predicted molar refractivity (Wildman–Crippen MR) is 80.8 cm³/mol. The van der Waals surface area contributed by atoms with E-state index in [2.05, 4.69) is 10.3 Å². The Labute approximate surface area is 122 Å². The Morgan fingerprint density at radius 1 is 1.55 bits per heavy atom. The maximum Gasteiger partial charge on any atom is 0.226 e. The van der Waals surface area contributed by atoms with Crippen molar-refractivity contribution in [2.75, 3.05) is 5.32 Å². The maximum atomic E-state index is 11.7. The molecular weight excluding hydrogens is 274 g/mol. The smallest absolute Gasteiger partial charge is 0.226 e. The van der Waals surface area contributed by atoms with Crippen molar-refractivity contribution in [2.45, 2.75) is 39.7 Å². The second kappa shape index (κ2) is 6.19. The maximum absolute atomic E-state index is 11.7. The van der Waals surface area contributed by atoms with E-state index in [4.69, 9.17) is 10.2 Å². The van der Waals surface area contributed by atoms with Gasteiger partial charge in [0, 0.05) is 23.4 Å². The lowest BCUT2D eigenvalue weighted by Gasteiger charge is -2.04. The first-order valence-electron chi connectivity index (χ1n) is 6.54. The summed E-state index contributed by atoms with van der Waals surface area (Å²) in [6.07, 6.45) is 1.08. The van der Waals surface area contributed by atoms with Gasteiger partial charge < -0.3 is 15.5 Å². The molecule has 5 nitrogen and oxygen atoms in total. The van der Waals surface area contributed by atoms with Crippen LogP contribution in [0.4, 0.5) is 5.13 Å². The second-order valence-corrected chi connectivity index (χ2v) is 5.79. The Morgan fingerprint density at radius 3 is 2.90 bits per heavy atom. The third-order valence-corrected chi connectivity index (χ3v) is 3.65. The molecule has 0 radical (unpaired) electrons. The van der Waals surface area contributed by atoms with Crippen LogP contribution in [0, 0.1) is 13.8 Å². The van der Waals surface area contributed by atoms with E-state index in [0.29, 0.717) is 18.0 Å². The number of nitrogens with zero attached hydrogens (tertiary/aromatic N) is 1. The summed E-state index contributed by atoms with van der Waals surface area (Å²) < 4.78 is 5.49. The van der Waals surface area contributed by atoms with E-state index in [9.17, 15) is 4.79 Å². The quantitative estimate of drug-likeness (QED) is 0.887. The van der Waals surface area contributed by atoms with Crippen molar-refractivity contribution in [3.63, 3.8) is 0 Å². The highest BCUT2D eigenvalue weighted by molar-refractivity contribution is 7.14. The standard InChI is InChI=1S/C14H19N3O2S/c1-8(15)4-5-13(18)17-14-16-12(7-20-14)11-6-9(2)19-10(11)3/h6-8H,4-5,15H2,1-3H3,(H,16,17,18). The number of anilines is 1. The zero-order valence-electron chi connectivity index (χ0n) is 11.9. The highest BCUT2D eigenvalue weighted by Gasteiger charge is 2.12. The third-order valence-electron chi connectivity index (χ3n) is 2.89. The number of furan rings is 1. The Balaban J connectivity index is 2.02. The summed E-state index contributed by atoms with van der Waals surface area (Å²) >= 11 is 1.41. The van der Waals surface area contributed by atoms with Gasteiger partial charge in [-0.25, -0.2) is 4.98 Å². The Bertz CT molecular complexity index is 601. The number of hydrogen-bond donors (Lipinski definition) is 2. The third kappa shape index (κ3) is 3.68. The molecule has 0 saturated carbocycles. The van der Waals surface area contributed by atoms with Crippen LogP contribution >= 0.6 is 11.3 Å². The molecule has 3 N–H and O–H groups in total. The van der Waals surface area contributed by atoms with E-state index >= 15 is 0 Å². The normalized spacial score (nSPS) is 12.4. The molecule has 0 aliphatic rings. The zero-order valence-corrected chi connectivity index (χ0v) is 12.7. The molecule has 1 atom stereocenters. The Hall–Kier alpha value is -1.66. The van der Waals surface area contributed by atoms with Crippen LogP contribution in [0.25, 0.3) is 11.3 Å². The topological polar surface area (TPSA) is 81.2 Å². The summed E-state index contributed by atoms with van der Waals surface area (Å²) in [4.78, 5) is 16.1. The van der Waals surface area contributed by atoms with Crippen LogP contribution in [0.1, 0.15) is 31.3 Å². The molecule has 0 bridgehead atoms. The van der Waals surface area contributed by atoms with Crippen LogP contribution in [0.3, 0.4) is 0 Å². The number of hydrogen-bond acceptors (Lipinski definition) is 5. The van der Waals surface area contributed by atoms with E-state index in [1.807, 2.05) is 32.2 Å². The van der Waals surface area contributed by atoms with Crippen LogP contribution in [0.2, 0.25) is 0 Å². The second-order valence-electron chi connectivity index (χ2n) is 4.93. The van der Waals surface area contributed by atoms with Crippen LogP contribution in [-0.2, 0) is 4.79 Å². The first-order chi connectivity index (χ1) is 9.45. The molecule has 0 aromatic carbocycles. The van der Waals surface area contributed by atoms with E-state index in [0.717, 1.165) is 22.8 Å². The average molecular weight is 293 g/mol. The molecule has 0 fully saturated rings. The van der Waals surface area contributed by atoms with E-state index in [-0.39, 0.29) is 11.9 Å². The molecule has 6 heteroatoms. The van der Waals surface area contributed by atoms with Gasteiger partial charge in [-0.3, -0.25) is 4.79 Å². The molecule has 20 heavy (non-hydrogen) atoms. The van der Waals surface area contributed by atoms with Crippen LogP contribution in [0.15, 0.2) is 15.9 Å². The molecule has 2 heterocycles. The monoisotopic (exact) mass is 293 g/mol. The summed E-state index contributed by atoms with van der Waals surface area (Å²) in [5.74, 6) is 1.64. The van der Waals surface area contributed by atoms with Gasteiger partial charge in [0.05, 0.1) is 5.69 Å². The van der Waals surface area contributed by atoms with Crippen LogP contribution in [-0.4, -0.2) is 16.9 Å². The lowest BCUT2D eigenvalue weighted by molar-refractivity contribution is -0.116. The number of carbonyl (C=O) groups is 1. The van der Waals surface area contributed by atoms with Gasteiger partial charge in [-0.1, -0.05) is 0 Å². The SMILES string of the molecule is Cc1cc(-c2csc(NC(=O)CCC(C)N)n2)c(C)o1. The number of rotatable bonds is 5. The molecule has 1 unspecified atom stereocenters. The van der Waals surface area contributed by atoms with Crippen molar-refractivity contribution in [1.82, 2.24) is 4.98 Å². The van der Waals surface area contributed by atoms with E-state index < -0.39 is 0 Å². The largest absolute Gasteiger partial charge is 0.466 e. The van der Waals surface area contributed by atoms with Crippen molar-refractivity contribution < 1.29 is 9.21 Å². The van der Waals surface area contributed by atoms with Gasteiger partial charge in [-0.15, -0.1) is 11.3 Å². The first-order valence-corrected chi connectivity index (χ1v) is 7.42. The van der Waals surface area contributed by atoms with E-state index in [1.54, 1.807) is 0 Å². The molecule has 0 spiro atoms. The fourth-order valence-corrected chi connectivity index (χ4v) is 2.61. The molecule has 0 aliphatic carbocycles. The summed E-state index contributed by atoms with van der Waals surface area (Å²) in [5, 5.41) is 5.32. The van der Waals surface area contributed by atoms with Gasteiger partial charge in [0.25, 0.3) is 0 Å². The summed E-state index contributed by atoms with van der Waals surface area (Å²) in [6, 6.07) is 1.98. The van der Waals surface area contributed by atoms with Crippen LogP contribution < -0.4 is 11.1 Å². The molecule has 2 aromatic heterocycles. The predicted octanol–water partition coefficient (Wildman–Crippen LogP) is 3.09. The van der Waals surface area contributed by atoms with Crippen molar-refractivity contribution in [3.8, 4) is 11.3 Å². The molecular formula is C14H19N3O2S. The highest BCUT2D eigenvalue weighted by atomic mass is 32.1. The van der Waals surface area contributed by atoms with Gasteiger partial charge in [-0.05, 0) is 33.3 Å². The average Bonchev–Trinajstić information content (AvgIpc) is 2.93.